The van der Waals surface area contributed by atoms with Crippen molar-refractivity contribution in [2.45, 2.75) is 0 Å². The Labute approximate surface area is 141 Å². The highest BCUT2D eigenvalue weighted by molar-refractivity contribution is 6.15. The van der Waals surface area contributed by atoms with Gasteiger partial charge in [0.25, 0.3) is 5.91 Å². The molecule has 3 aromatic rings. The zero-order valence-electron chi connectivity index (χ0n) is 13.3. The van der Waals surface area contributed by atoms with Gasteiger partial charge in [-0.15, -0.1) is 0 Å². The van der Waals surface area contributed by atoms with Gasteiger partial charge < -0.3 is 4.90 Å². The molecule has 0 unspecified atom stereocenters. The van der Waals surface area contributed by atoms with Crippen LogP contribution in [0.3, 0.4) is 0 Å². The van der Waals surface area contributed by atoms with E-state index in [1.54, 1.807) is 49.5 Å². The van der Waals surface area contributed by atoms with Crippen molar-refractivity contribution in [1.82, 2.24) is 0 Å². The maximum Gasteiger partial charge on any atom is 0.258 e. The summed E-state index contributed by atoms with van der Waals surface area (Å²) < 4.78 is 0. The third-order valence-corrected chi connectivity index (χ3v) is 3.87. The molecule has 0 saturated heterocycles. The maximum atomic E-state index is 12.8. The summed E-state index contributed by atoms with van der Waals surface area (Å²) >= 11 is 0. The van der Waals surface area contributed by atoms with Gasteiger partial charge in [0, 0.05) is 23.7 Å². The fourth-order valence-electron chi connectivity index (χ4n) is 2.59. The fraction of sp³-hybridized carbons (Fsp3) is 0.0476. The average molecular weight is 315 g/mol. The molecule has 3 rings (SSSR count). The Hall–Kier alpha value is -3.20. The number of benzene rings is 3. The zero-order valence-corrected chi connectivity index (χ0v) is 13.3. The molecule has 0 radical (unpaired) electrons. The first-order chi connectivity index (χ1) is 11.7. The van der Waals surface area contributed by atoms with Gasteiger partial charge in [0.05, 0.1) is 5.69 Å². The van der Waals surface area contributed by atoms with Crippen LogP contribution in [-0.2, 0) is 0 Å². The van der Waals surface area contributed by atoms with E-state index in [1.807, 2.05) is 42.5 Å². The van der Waals surface area contributed by atoms with Crippen LogP contribution in [0.1, 0.15) is 26.3 Å². The number of carbonyl (C=O) groups excluding carboxylic acids is 2. The summed E-state index contributed by atoms with van der Waals surface area (Å²) in [6.07, 6.45) is 0. The number of para-hydroxylation sites is 1. The molecular weight excluding hydrogens is 298 g/mol. The van der Waals surface area contributed by atoms with Gasteiger partial charge in [0.2, 0.25) is 0 Å². The van der Waals surface area contributed by atoms with Crippen molar-refractivity contribution in [2.24, 2.45) is 0 Å². The molecule has 0 fully saturated rings. The van der Waals surface area contributed by atoms with E-state index >= 15 is 0 Å². The number of anilines is 1. The molecule has 1 amide bonds. The molecule has 118 valence electrons. The minimum atomic E-state index is -0.149. The second kappa shape index (κ2) is 6.92. The number of nitrogens with zero attached hydrogens (tertiary/aromatic N) is 1. The Kier molecular flexibility index (Phi) is 4.52. The van der Waals surface area contributed by atoms with Gasteiger partial charge in [-0.2, -0.15) is 0 Å². The van der Waals surface area contributed by atoms with Crippen LogP contribution in [0.5, 0.6) is 0 Å². The average Bonchev–Trinajstić information content (AvgIpc) is 2.67. The van der Waals surface area contributed by atoms with Crippen molar-refractivity contribution in [1.29, 1.82) is 0 Å². The molecule has 0 heterocycles. The molecule has 3 nitrogen and oxygen atoms in total. The Morgan fingerprint density at radius 3 is 1.79 bits per heavy atom. The largest absolute Gasteiger partial charge is 0.311 e. The van der Waals surface area contributed by atoms with Gasteiger partial charge in [-0.1, -0.05) is 60.7 Å². The summed E-state index contributed by atoms with van der Waals surface area (Å²) in [7, 11) is 1.69. The van der Waals surface area contributed by atoms with Crippen molar-refractivity contribution in [3.05, 3.63) is 102 Å². The fourth-order valence-corrected chi connectivity index (χ4v) is 2.59. The predicted octanol–water partition coefficient (Wildman–Crippen LogP) is 4.19. The van der Waals surface area contributed by atoms with Crippen LogP contribution >= 0.6 is 0 Å². The lowest BCUT2D eigenvalue weighted by atomic mass is 10.0. The first kappa shape index (κ1) is 15.7. The number of hydrogen-bond acceptors (Lipinski definition) is 2. The molecule has 0 aliphatic rings. The van der Waals surface area contributed by atoms with Crippen LogP contribution in [-0.4, -0.2) is 18.7 Å². The quantitative estimate of drug-likeness (QED) is 0.677. The second-order valence-electron chi connectivity index (χ2n) is 5.44. The Morgan fingerprint density at radius 2 is 1.17 bits per heavy atom. The second-order valence-corrected chi connectivity index (χ2v) is 5.44. The van der Waals surface area contributed by atoms with Gasteiger partial charge in [0.1, 0.15) is 0 Å². The number of amides is 1. The molecule has 0 bridgehead atoms. The van der Waals surface area contributed by atoms with Gasteiger partial charge in [-0.3, -0.25) is 9.59 Å². The smallest absolute Gasteiger partial charge is 0.258 e. The molecule has 0 atom stereocenters. The van der Waals surface area contributed by atoms with Crippen LogP contribution in [0.2, 0.25) is 0 Å². The van der Waals surface area contributed by atoms with Crippen molar-refractivity contribution in [3.63, 3.8) is 0 Å². The number of rotatable bonds is 4. The van der Waals surface area contributed by atoms with E-state index in [0.717, 1.165) is 0 Å². The van der Waals surface area contributed by atoms with E-state index in [-0.39, 0.29) is 11.7 Å². The molecule has 0 spiro atoms. The lowest BCUT2D eigenvalue weighted by Gasteiger charge is -2.20. The van der Waals surface area contributed by atoms with E-state index in [2.05, 4.69) is 0 Å². The monoisotopic (exact) mass is 315 g/mol. The van der Waals surface area contributed by atoms with Crippen LogP contribution in [0.15, 0.2) is 84.9 Å². The van der Waals surface area contributed by atoms with Crippen molar-refractivity contribution in [3.8, 4) is 0 Å². The lowest BCUT2D eigenvalue weighted by molar-refractivity contribution is 0.0993. The third-order valence-electron chi connectivity index (χ3n) is 3.87. The van der Waals surface area contributed by atoms with Crippen LogP contribution in [0.4, 0.5) is 5.69 Å². The van der Waals surface area contributed by atoms with Gasteiger partial charge in [-0.05, 0) is 24.3 Å². The topological polar surface area (TPSA) is 37.4 Å². The number of ketones is 1. The Balaban J connectivity index is 1.98. The summed E-state index contributed by atoms with van der Waals surface area (Å²) in [6.45, 7) is 0. The molecule has 24 heavy (non-hydrogen) atoms. The molecule has 3 heteroatoms. The summed E-state index contributed by atoms with van der Waals surface area (Å²) in [5.41, 5.74) is 2.29. The first-order valence-electron chi connectivity index (χ1n) is 7.70. The maximum absolute atomic E-state index is 12.8. The molecule has 0 aliphatic heterocycles. The van der Waals surface area contributed by atoms with Crippen molar-refractivity contribution < 1.29 is 9.59 Å². The highest BCUT2D eigenvalue weighted by atomic mass is 16.2. The number of hydrogen-bond donors (Lipinski definition) is 0. The molecular formula is C21H17NO2. The number of carbonyl (C=O) groups is 2. The lowest BCUT2D eigenvalue weighted by Crippen LogP contribution is -2.27. The summed E-state index contributed by atoms with van der Waals surface area (Å²) in [6, 6.07) is 25.3. The van der Waals surface area contributed by atoms with E-state index in [4.69, 9.17) is 0 Å². The highest BCUT2D eigenvalue weighted by Crippen LogP contribution is 2.23. The van der Waals surface area contributed by atoms with E-state index < -0.39 is 0 Å². The minimum absolute atomic E-state index is 0.0982. The van der Waals surface area contributed by atoms with Gasteiger partial charge in [0.15, 0.2) is 5.78 Å². The van der Waals surface area contributed by atoms with Gasteiger partial charge in [-0.25, -0.2) is 0 Å². The molecule has 3 aromatic carbocycles. The normalized spacial score (nSPS) is 10.2. The van der Waals surface area contributed by atoms with Crippen LogP contribution in [0, 0.1) is 0 Å². The predicted molar refractivity (Wildman–Crippen MR) is 95.5 cm³/mol. The van der Waals surface area contributed by atoms with Gasteiger partial charge >= 0.3 is 0 Å². The van der Waals surface area contributed by atoms with Crippen molar-refractivity contribution in [2.75, 3.05) is 11.9 Å². The summed E-state index contributed by atoms with van der Waals surface area (Å²) in [5, 5.41) is 0. The Morgan fingerprint density at radius 1 is 0.667 bits per heavy atom. The Bertz CT molecular complexity index is 857. The molecule has 0 aliphatic carbocycles. The van der Waals surface area contributed by atoms with Crippen molar-refractivity contribution >= 4 is 17.4 Å². The summed E-state index contributed by atoms with van der Waals surface area (Å²) in [5.74, 6) is -0.247. The summed E-state index contributed by atoms with van der Waals surface area (Å²) in [4.78, 5) is 27.0. The van der Waals surface area contributed by atoms with E-state index in [9.17, 15) is 9.59 Å². The van der Waals surface area contributed by atoms with Crippen LogP contribution < -0.4 is 4.90 Å². The minimum Gasteiger partial charge on any atom is -0.311 e. The first-order valence-corrected chi connectivity index (χ1v) is 7.70. The SMILES string of the molecule is CN(C(=O)c1ccccc1)c1ccccc1C(=O)c1ccccc1. The third kappa shape index (κ3) is 3.10. The zero-order chi connectivity index (χ0) is 16.9. The highest BCUT2D eigenvalue weighted by Gasteiger charge is 2.20. The molecule has 0 N–H and O–H groups in total. The molecule has 0 aromatic heterocycles. The standard InChI is InChI=1S/C21H17NO2/c1-22(21(24)17-12-6-3-7-13-17)19-15-9-8-14-18(19)20(23)16-10-4-2-5-11-16/h2-15H,1H3. The van der Waals surface area contributed by atoms with Crippen LogP contribution in [0.25, 0.3) is 0 Å². The van der Waals surface area contributed by atoms with E-state index in [1.165, 1.54) is 4.90 Å². The van der Waals surface area contributed by atoms with E-state index in [0.29, 0.717) is 22.4 Å². The molecule has 0 saturated carbocycles.